The molecule has 0 aliphatic carbocycles. The van der Waals surface area contributed by atoms with Crippen molar-refractivity contribution >= 4 is 34.2 Å². The molecule has 1 heterocycles. The van der Waals surface area contributed by atoms with Gasteiger partial charge in [-0.05, 0) is 38.1 Å². The van der Waals surface area contributed by atoms with Crippen LogP contribution in [0.4, 0.5) is 5.69 Å². The van der Waals surface area contributed by atoms with Crippen LogP contribution in [0.2, 0.25) is 0 Å². The molecule has 0 radical (unpaired) electrons. The molecule has 0 aliphatic heterocycles. The first-order chi connectivity index (χ1) is 12.0. The number of alkyl halides is 1. The van der Waals surface area contributed by atoms with E-state index in [0.29, 0.717) is 18.7 Å². The van der Waals surface area contributed by atoms with Crippen LogP contribution >= 0.6 is 11.6 Å². The van der Waals surface area contributed by atoms with Crippen LogP contribution < -0.4 is 16.0 Å². The average molecular weight is 366 g/mol. The minimum atomic E-state index is -0.334. The molecule has 138 valence electrons. The van der Waals surface area contributed by atoms with Gasteiger partial charge in [0.05, 0.1) is 17.1 Å². The lowest BCUT2D eigenvalue weighted by atomic mass is 10.1. The maximum absolute atomic E-state index is 11.4. The van der Waals surface area contributed by atoms with E-state index in [-0.39, 0.29) is 11.9 Å². The number of nitrogens with one attached hydrogen (secondary N) is 1. The van der Waals surface area contributed by atoms with Crippen molar-refractivity contribution in [1.29, 1.82) is 0 Å². The summed E-state index contributed by atoms with van der Waals surface area (Å²) < 4.78 is 2.08. The number of hydrogen-bond acceptors (Lipinski definition) is 4. The molecule has 25 heavy (non-hydrogen) atoms. The summed E-state index contributed by atoms with van der Waals surface area (Å²) in [6.45, 7) is 3.96. The minimum absolute atomic E-state index is 0.333. The summed E-state index contributed by atoms with van der Waals surface area (Å²) in [6.07, 6.45) is 2.39. The Morgan fingerprint density at radius 3 is 2.80 bits per heavy atom. The van der Waals surface area contributed by atoms with Gasteiger partial charge in [-0.25, -0.2) is 4.98 Å². The first kappa shape index (κ1) is 19.5. The van der Waals surface area contributed by atoms with Crippen molar-refractivity contribution in [3.63, 3.8) is 0 Å². The molecule has 2 rings (SSSR count). The summed E-state index contributed by atoms with van der Waals surface area (Å²) in [5, 5.41) is 2.95. The second-order valence-electron chi connectivity index (χ2n) is 6.22. The predicted molar refractivity (Wildman–Crippen MR) is 104 cm³/mol. The van der Waals surface area contributed by atoms with Crippen LogP contribution in [-0.4, -0.2) is 47.5 Å². The zero-order valence-electron chi connectivity index (χ0n) is 15.3. The van der Waals surface area contributed by atoms with Gasteiger partial charge >= 0.3 is 0 Å². The van der Waals surface area contributed by atoms with Crippen LogP contribution in [0, 0.1) is 0 Å². The van der Waals surface area contributed by atoms with E-state index in [4.69, 9.17) is 22.3 Å². The quantitative estimate of drug-likeness (QED) is 0.632. The van der Waals surface area contributed by atoms with Gasteiger partial charge in [0, 0.05) is 38.1 Å². The Bertz CT molecular complexity index is 709. The summed E-state index contributed by atoms with van der Waals surface area (Å²) in [6, 6.07) is 6.00. The van der Waals surface area contributed by atoms with Gasteiger partial charge in [-0.3, -0.25) is 4.79 Å². The Kier molecular flexibility index (Phi) is 7.08. The normalized spacial score (nSPS) is 12.5. The molecular weight excluding hydrogens is 338 g/mol. The molecule has 6 nitrogen and oxygen atoms in total. The number of hydrogen-bond donors (Lipinski definition) is 2. The van der Waals surface area contributed by atoms with Gasteiger partial charge in [0.2, 0.25) is 5.91 Å². The molecule has 0 bridgehead atoms. The first-order valence-corrected chi connectivity index (χ1v) is 9.28. The number of aromatic nitrogens is 2. The molecule has 1 atom stereocenters. The highest BCUT2D eigenvalue weighted by molar-refractivity contribution is 6.18. The number of halogens is 1. The van der Waals surface area contributed by atoms with E-state index in [9.17, 15) is 4.79 Å². The van der Waals surface area contributed by atoms with E-state index >= 15 is 0 Å². The highest BCUT2D eigenvalue weighted by Crippen LogP contribution is 2.23. The zero-order valence-corrected chi connectivity index (χ0v) is 16.0. The summed E-state index contributed by atoms with van der Waals surface area (Å²) in [4.78, 5) is 18.4. The molecular formula is C18H28ClN5O. The summed E-state index contributed by atoms with van der Waals surface area (Å²) in [5.41, 5.74) is 8.58. The van der Waals surface area contributed by atoms with Crippen LogP contribution in [0.5, 0.6) is 0 Å². The minimum Gasteiger partial charge on any atom is -0.370 e. The van der Waals surface area contributed by atoms with Gasteiger partial charge in [-0.1, -0.05) is 6.92 Å². The third kappa shape index (κ3) is 4.64. The zero-order chi connectivity index (χ0) is 18.4. The number of rotatable bonds is 10. The van der Waals surface area contributed by atoms with E-state index in [1.165, 1.54) is 0 Å². The van der Waals surface area contributed by atoms with Gasteiger partial charge in [0.1, 0.15) is 5.82 Å². The molecule has 1 aromatic heterocycles. The number of primary amides is 1. The lowest BCUT2D eigenvalue weighted by Crippen LogP contribution is -2.39. The number of benzene rings is 1. The van der Waals surface area contributed by atoms with Crippen molar-refractivity contribution in [3.8, 4) is 0 Å². The highest BCUT2D eigenvalue weighted by atomic mass is 35.5. The van der Waals surface area contributed by atoms with Crippen molar-refractivity contribution in [2.24, 2.45) is 12.8 Å². The van der Waals surface area contributed by atoms with Gasteiger partial charge in [0.25, 0.3) is 0 Å². The molecule has 1 aromatic carbocycles. The fourth-order valence-corrected chi connectivity index (χ4v) is 3.31. The maximum atomic E-state index is 11.4. The molecule has 0 fully saturated rings. The third-order valence-electron chi connectivity index (χ3n) is 4.52. The number of aryl methyl sites for hydroxylation is 2. The third-order valence-corrected chi connectivity index (χ3v) is 4.69. The number of likely N-dealkylation sites (N-methyl/N-ethyl adjacent to an activating group) is 1. The number of carbonyl (C=O) groups excluding carboxylic acids is 1. The Hall–Kier alpha value is -1.79. The molecule has 0 saturated heterocycles. The highest BCUT2D eigenvalue weighted by Gasteiger charge is 2.16. The number of amides is 1. The van der Waals surface area contributed by atoms with Crippen molar-refractivity contribution in [2.75, 3.05) is 30.9 Å². The molecule has 7 heteroatoms. The summed E-state index contributed by atoms with van der Waals surface area (Å²) in [7, 11) is 3.75. The number of nitrogens with two attached hydrogens (primary N) is 1. The van der Waals surface area contributed by atoms with Crippen molar-refractivity contribution < 1.29 is 4.79 Å². The monoisotopic (exact) mass is 365 g/mol. The van der Waals surface area contributed by atoms with Crippen LogP contribution in [0.15, 0.2) is 18.2 Å². The predicted octanol–water partition coefficient (Wildman–Crippen LogP) is 2.03. The molecule has 3 N–H and O–H groups in total. The second-order valence-corrected chi connectivity index (χ2v) is 6.60. The van der Waals surface area contributed by atoms with Crippen molar-refractivity contribution in [3.05, 3.63) is 24.0 Å². The molecule has 0 saturated carbocycles. The van der Waals surface area contributed by atoms with Gasteiger partial charge in [0.15, 0.2) is 0 Å². The molecule has 1 amide bonds. The van der Waals surface area contributed by atoms with Crippen LogP contribution in [-0.2, 0) is 18.3 Å². The lowest BCUT2D eigenvalue weighted by molar-refractivity contribution is -0.120. The number of fused-ring (bicyclic) bond motifs is 1. The standard InChI is InChI=1S/C18H28ClN5O/c1-4-10-24(11-9-19)13-5-7-16-15(12-13)22-17(23(16)3)8-6-14(21-2)18(20)25/h5,7,12,14,21H,4,6,8-11H2,1-3H3,(H2,20,25). The fraction of sp³-hybridized carbons (Fsp3) is 0.556. The largest absolute Gasteiger partial charge is 0.370 e. The topological polar surface area (TPSA) is 76.2 Å². The van der Waals surface area contributed by atoms with E-state index in [0.717, 1.165) is 42.1 Å². The molecule has 1 unspecified atom stereocenters. The van der Waals surface area contributed by atoms with Gasteiger partial charge < -0.3 is 20.5 Å². The molecule has 0 spiro atoms. The Labute approximate surface area is 154 Å². The average Bonchev–Trinajstić information content (AvgIpc) is 2.90. The number of imidazole rings is 1. The van der Waals surface area contributed by atoms with E-state index in [1.54, 1.807) is 7.05 Å². The number of nitrogens with zero attached hydrogens (tertiary/aromatic N) is 3. The van der Waals surface area contributed by atoms with Crippen molar-refractivity contribution in [2.45, 2.75) is 32.2 Å². The van der Waals surface area contributed by atoms with Crippen LogP contribution in [0.25, 0.3) is 11.0 Å². The van der Waals surface area contributed by atoms with Gasteiger partial charge in [-0.15, -0.1) is 11.6 Å². The first-order valence-electron chi connectivity index (χ1n) is 8.74. The second kappa shape index (κ2) is 9.06. The molecule has 2 aromatic rings. The summed E-state index contributed by atoms with van der Waals surface area (Å²) >= 11 is 5.93. The Morgan fingerprint density at radius 1 is 1.44 bits per heavy atom. The maximum Gasteiger partial charge on any atom is 0.234 e. The number of anilines is 1. The molecule has 0 aliphatic rings. The summed E-state index contributed by atoms with van der Waals surface area (Å²) in [5.74, 6) is 1.22. The van der Waals surface area contributed by atoms with Crippen molar-refractivity contribution in [1.82, 2.24) is 14.9 Å². The smallest absolute Gasteiger partial charge is 0.234 e. The Morgan fingerprint density at radius 2 is 2.20 bits per heavy atom. The fourth-order valence-electron chi connectivity index (χ4n) is 3.10. The van der Waals surface area contributed by atoms with E-state index in [1.807, 2.05) is 7.05 Å². The Balaban J connectivity index is 2.24. The SMILES string of the molecule is CCCN(CCCl)c1ccc2c(c1)nc(CCC(NC)C(N)=O)n2C. The van der Waals surface area contributed by atoms with Gasteiger partial charge in [-0.2, -0.15) is 0 Å². The number of carbonyl (C=O) groups is 1. The van der Waals surface area contributed by atoms with E-state index < -0.39 is 0 Å². The van der Waals surface area contributed by atoms with Crippen LogP contribution in [0.3, 0.4) is 0 Å². The van der Waals surface area contributed by atoms with Crippen LogP contribution in [0.1, 0.15) is 25.6 Å². The van der Waals surface area contributed by atoms with E-state index in [2.05, 4.69) is 39.9 Å². The lowest BCUT2D eigenvalue weighted by Gasteiger charge is -2.23.